The maximum atomic E-state index is 12.4. The zero-order valence-corrected chi connectivity index (χ0v) is 14.1. The van der Waals surface area contributed by atoms with Gasteiger partial charge < -0.3 is 10.3 Å². The van der Waals surface area contributed by atoms with Gasteiger partial charge in [-0.3, -0.25) is 4.79 Å². The quantitative estimate of drug-likeness (QED) is 0.703. The number of aromatic nitrogens is 4. The minimum atomic E-state index is -0.272. The molecule has 0 aliphatic carbocycles. The van der Waals surface area contributed by atoms with Crippen molar-refractivity contribution in [2.75, 3.05) is 5.32 Å². The van der Waals surface area contributed by atoms with Crippen LogP contribution in [0.25, 0.3) is 11.0 Å². The molecule has 0 saturated carbocycles. The van der Waals surface area contributed by atoms with Crippen molar-refractivity contribution in [1.82, 2.24) is 19.7 Å². The van der Waals surface area contributed by atoms with E-state index in [1.165, 1.54) is 11.8 Å². The van der Waals surface area contributed by atoms with Crippen LogP contribution in [0.5, 0.6) is 0 Å². The molecule has 3 aromatic rings. The SMILES string of the molecule is CC(Sc1nc2ccccc2[nH]1)C(=O)Nc1ccnn1C(C)C. The van der Waals surface area contributed by atoms with E-state index in [9.17, 15) is 4.79 Å². The first-order valence-corrected chi connectivity index (χ1v) is 8.38. The van der Waals surface area contributed by atoms with E-state index in [0.717, 1.165) is 16.2 Å². The van der Waals surface area contributed by atoms with Crippen LogP contribution in [-0.4, -0.2) is 30.9 Å². The van der Waals surface area contributed by atoms with E-state index in [1.54, 1.807) is 16.9 Å². The van der Waals surface area contributed by atoms with Crippen molar-refractivity contribution in [2.24, 2.45) is 0 Å². The molecule has 1 atom stereocenters. The number of amides is 1. The monoisotopic (exact) mass is 329 g/mol. The number of aromatic amines is 1. The van der Waals surface area contributed by atoms with Crippen LogP contribution in [0.2, 0.25) is 0 Å². The Balaban J connectivity index is 1.68. The highest BCUT2D eigenvalue weighted by atomic mass is 32.2. The first kappa shape index (κ1) is 15.6. The minimum Gasteiger partial charge on any atom is -0.333 e. The summed E-state index contributed by atoms with van der Waals surface area (Å²) in [6, 6.07) is 9.81. The summed E-state index contributed by atoms with van der Waals surface area (Å²) < 4.78 is 1.79. The zero-order valence-electron chi connectivity index (χ0n) is 13.3. The number of para-hydroxylation sites is 2. The first-order chi connectivity index (χ1) is 11.0. The molecule has 0 fully saturated rings. The molecule has 120 valence electrons. The van der Waals surface area contributed by atoms with E-state index in [0.29, 0.717) is 5.82 Å². The van der Waals surface area contributed by atoms with E-state index in [-0.39, 0.29) is 17.2 Å². The molecule has 7 heteroatoms. The number of imidazole rings is 1. The number of H-pyrrole nitrogens is 1. The van der Waals surface area contributed by atoms with Crippen molar-refractivity contribution < 1.29 is 4.79 Å². The maximum absolute atomic E-state index is 12.4. The predicted molar refractivity (Wildman–Crippen MR) is 92.7 cm³/mol. The number of hydrogen-bond donors (Lipinski definition) is 2. The first-order valence-electron chi connectivity index (χ1n) is 7.50. The smallest absolute Gasteiger partial charge is 0.238 e. The van der Waals surface area contributed by atoms with E-state index >= 15 is 0 Å². The lowest BCUT2D eigenvalue weighted by Gasteiger charge is -2.14. The van der Waals surface area contributed by atoms with Crippen LogP contribution in [0.15, 0.2) is 41.7 Å². The summed E-state index contributed by atoms with van der Waals surface area (Å²) in [6.07, 6.45) is 1.69. The second kappa shape index (κ2) is 6.45. The maximum Gasteiger partial charge on any atom is 0.238 e. The van der Waals surface area contributed by atoms with Gasteiger partial charge in [-0.1, -0.05) is 23.9 Å². The molecular weight excluding hydrogens is 310 g/mol. The van der Waals surface area contributed by atoms with E-state index < -0.39 is 0 Å². The van der Waals surface area contributed by atoms with Crippen LogP contribution in [0.1, 0.15) is 26.8 Å². The largest absolute Gasteiger partial charge is 0.333 e. The Morgan fingerprint density at radius 2 is 2.04 bits per heavy atom. The molecule has 0 bridgehead atoms. The van der Waals surface area contributed by atoms with Crippen LogP contribution < -0.4 is 5.32 Å². The molecule has 0 aliphatic rings. The lowest BCUT2D eigenvalue weighted by molar-refractivity contribution is -0.115. The van der Waals surface area contributed by atoms with Crippen LogP contribution in [0.3, 0.4) is 0 Å². The van der Waals surface area contributed by atoms with Crippen molar-refractivity contribution in [1.29, 1.82) is 0 Å². The highest BCUT2D eigenvalue weighted by molar-refractivity contribution is 8.00. The lowest BCUT2D eigenvalue weighted by atomic mass is 10.3. The average molecular weight is 329 g/mol. The summed E-state index contributed by atoms with van der Waals surface area (Å²) in [7, 11) is 0. The molecule has 3 rings (SSSR count). The second-order valence-corrected chi connectivity index (χ2v) is 6.89. The number of fused-ring (bicyclic) bond motifs is 1. The topological polar surface area (TPSA) is 75.6 Å². The Morgan fingerprint density at radius 3 is 2.78 bits per heavy atom. The molecule has 6 nitrogen and oxygen atoms in total. The summed E-state index contributed by atoms with van der Waals surface area (Å²) >= 11 is 1.41. The normalized spacial score (nSPS) is 12.7. The Morgan fingerprint density at radius 1 is 1.26 bits per heavy atom. The predicted octanol–water partition coefficient (Wildman–Crippen LogP) is 3.46. The van der Waals surface area contributed by atoms with Crippen molar-refractivity contribution >= 4 is 34.5 Å². The number of nitrogens with zero attached hydrogens (tertiary/aromatic N) is 3. The van der Waals surface area contributed by atoms with Gasteiger partial charge >= 0.3 is 0 Å². The third-order valence-electron chi connectivity index (χ3n) is 3.44. The molecule has 2 N–H and O–H groups in total. The molecule has 1 unspecified atom stereocenters. The van der Waals surface area contributed by atoms with Gasteiger partial charge in [-0.05, 0) is 32.9 Å². The van der Waals surface area contributed by atoms with E-state index in [2.05, 4.69) is 20.4 Å². The fourth-order valence-electron chi connectivity index (χ4n) is 2.26. The van der Waals surface area contributed by atoms with Crippen molar-refractivity contribution in [3.05, 3.63) is 36.5 Å². The molecule has 23 heavy (non-hydrogen) atoms. The summed E-state index contributed by atoms with van der Waals surface area (Å²) in [4.78, 5) is 20.1. The van der Waals surface area contributed by atoms with Crippen LogP contribution in [0.4, 0.5) is 5.82 Å². The van der Waals surface area contributed by atoms with Crippen LogP contribution >= 0.6 is 11.8 Å². The molecule has 1 amide bonds. The fraction of sp³-hybridized carbons (Fsp3) is 0.312. The fourth-order valence-corrected chi connectivity index (χ4v) is 3.08. The number of carbonyl (C=O) groups is 1. The summed E-state index contributed by atoms with van der Waals surface area (Å²) in [5.41, 5.74) is 1.88. The Kier molecular flexibility index (Phi) is 4.38. The van der Waals surface area contributed by atoms with Crippen molar-refractivity contribution in [3.63, 3.8) is 0 Å². The van der Waals surface area contributed by atoms with Gasteiger partial charge in [0.15, 0.2) is 5.16 Å². The number of thioether (sulfide) groups is 1. The van der Waals surface area contributed by atoms with Crippen molar-refractivity contribution in [2.45, 2.75) is 37.2 Å². The van der Waals surface area contributed by atoms with Crippen LogP contribution in [-0.2, 0) is 4.79 Å². The Hall–Kier alpha value is -2.28. The number of hydrogen-bond acceptors (Lipinski definition) is 4. The van der Waals surface area contributed by atoms with Crippen molar-refractivity contribution in [3.8, 4) is 0 Å². The number of benzene rings is 1. The summed E-state index contributed by atoms with van der Waals surface area (Å²) in [5, 5.41) is 7.61. The summed E-state index contributed by atoms with van der Waals surface area (Å²) in [5.74, 6) is 0.639. The molecule has 0 saturated heterocycles. The third kappa shape index (κ3) is 3.39. The van der Waals surface area contributed by atoms with Gasteiger partial charge in [0, 0.05) is 12.1 Å². The molecule has 0 spiro atoms. The minimum absolute atomic E-state index is 0.0714. The van der Waals surface area contributed by atoms with Gasteiger partial charge in [-0.2, -0.15) is 5.10 Å². The molecular formula is C16H19N5OS. The summed E-state index contributed by atoms with van der Waals surface area (Å²) in [6.45, 7) is 5.91. The van der Waals surface area contributed by atoms with Gasteiger partial charge in [0.1, 0.15) is 5.82 Å². The highest BCUT2D eigenvalue weighted by Crippen LogP contribution is 2.24. The van der Waals surface area contributed by atoms with E-state index in [4.69, 9.17) is 0 Å². The zero-order chi connectivity index (χ0) is 16.4. The second-order valence-electron chi connectivity index (χ2n) is 5.56. The Labute approximate surface area is 138 Å². The lowest BCUT2D eigenvalue weighted by Crippen LogP contribution is -2.24. The molecule has 2 heterocycles. The molecule has 1 aromatic carbocycles. The number of anilines is 1. The highest BCUT2D eigenvalue weighted by Gasteiger charge is 2.18. The van der Waals surface area contributed by atoms with Gasteiger partial charge in [-0.15, -0.1) is 0 Å². The van der Waals surface area contributed by atoms with Gasteiger partial charge in [0.2, 0.25) is 5.91 Å². The number of nitrogens with one attached hydrogen (secondary N) is 2. The molecule has 0 radical (unpaired) electrons. The standard InChI is InChI=1S/C16H19N5OS/c1-10(2)21-14(8-9-17-21)20-15(22)11(3)23-16-18-12-6-4-5-7-13(12)19-16/h4-11H,1-3H3,(H,18,19)(H,20,22). The molecule has 0 aliphatic heterocycles. The number of rotatable bonds is 5. The van der Waals surface area contributed by atoms with Gasteiger partial charge in [0.05, 0.1) is 22.5 Å². The Bertz CT molecular complexity index is 790. The average Bonchev–Trinajstić information content (AvgIpc) is 3.12. The number of carbonyl (C=O) groups excluding carboxylic acids is 1. The van der Waals surface area contributed by atoms with Crippen LogP contribution in [0, 0.1) is 0 Å². The third-order valence-corrected chi connectivity index (χ3v) is 4.42. The van der Waals surface area contributed by atoms with Gasteiger partial charge in [-0.25, -0.2) is 9.67 Å². The molecule has 2 aromatic heterocycles. The van der Waals surface area contributed by atoms with Gasteiger partial charge in [0.25, 0.3) is 0 Å². The van der Waals surface area contributed by atoms with E-state index in [1.807, 2.05) is 45.0 Å².